The molecule has 0 aliphatic carbocycles. The predicted molar refractivity (Wildman–Crippen MR) is 75.6 cm³/mol. The topological polar surface area (TPSA) is 48.4 Å². The van der Waals surface area contributed by atoms with E-state index in [4.69, 9.17) is 0 Å². The second-order valence-electron chi connectivity index (χ2n) is 4.27. The van der Waals surface area contributed by atoms with Crippen LogP contribution >= 0.6 is 0 Å². The van der Waals surface area contributed by atoms with Crippen molar-refractivity contribution in [3.63, 3.8) is 0 Å². The summed E-state index contributed by atoms with van der Waals surface area (Å²) in [5.74, 6) is 0.266. The Morgan fingerprint density at radius 2 is 1.94 bits per heavy atom. The number of piperazine rings is 1. The second-order valence-corrected chi connectivity index (χ2v) is 4.27. The van der Waals surface area contributed by atoms with Crippen LogP contribution in [-0.4, -0.2) is 65.8 Å². The van der Waals surface area contributed by atoms with Gasteiger partial charge >= 0.3 is 29.6 Å². The zero-order valence-corrected chi connectivity index (χ0v) is 9.56. The van der Waals surface area contributed by atoms with Crippen molar-refractivity contribution in [3.8, 4) is 5.75 Å². The molecule has 0 bridgehead atoms. The van der Waals surface area contributed by atoms with Crippen LogP contribution < -0.4 is 10.2 Å². The van der Waals surface area contributed by atoms with Gasteiger partial charge in [0.25, 0.3) is 0 Å². The number of hydrogen-bond acceptors (Lipinski definition) is 4. The third-order valence-corrected chi connectivity index (χ3v) is 3.16. The van der Waals surface area contributed by atoms with Gasteiger partial charge < -0.3 is 15.3 Å². The summed E-state index contributed by atoms with van der Waals surface area (Å²) in [5, 5.41) is 13.9. The number of benzene rings is 1. The van der Waals surface area contributed by atoms with Crippen LogP contribution in [0.1, 0.15) is 0 Å². The molecule has 5 heteroatoms. The van der Waals surface area contributed by atoms with Gasteiger partial charge in [0.05, 0.1) is 5.52 Å². The van der Waals surface area contributed by atoms with E-state index in [9.17, 15) is 5.11 Å². The maximum atomic E-state index is 9.47. The number of aromatic hydroxyl groups is 1. The number of phenolic OH excluding ortho intramolecular Hbond substituents is 1. The molecule has 18 heavy (non-hydrogen) atoms. The third kappa shape index (κ3) is 2.62. The van der Waals surface area contributed by atoms with E-state index in [1.54, 1.807) is 18.3 Å². The average molecular weight is 253 g/mol. The van der Waals surface area contributed by atoms with Crippen LogP contribution in [0.4, 0.5) is 5.69 Å². The summed E-state index contributed by atoms with van der Waals surface area (Å²) in [7, 11) is 0. The number of fused-ring (bicyclic) bond motifs is 1. The number of rotatable bonds is 1. The van der Waals surface area contributed by atoms with Gasteiger partial charge in [0, 0.05) is 49.5 Å². The molecule has 90 valence electrons. The molecule has 0 unspecified atom stereocenters. The molecule has 1 aliphatic heterocycles. The van der Waals surface area contributed by atoms with Gasteiger partial charge in [-0.1, -0.05) is 0 Å². The molecule has 2 heterocycles. The number of anilines is 1. The molecule has 1 saturated heterocycles. The molecule has 0 spiro atoms. The van der Waals surface area contributed by atoms with Gasteiger partial charge in [-0.15, -0.1) is 0 Å². The molecular weight excluding hydrogens is 237 g/mol. The van der Waals surface area contributed by atoms with Crippen molar-refractivity contribution in [1.29, 1.82) is 0 Å². The van der Waals surface area contributed by atoms with Crippen molar-refractivity contribution in [2.24, 2.45) is 0 Å². The minimum atomic E-state index is 0. The molecule has 2 N–H and O–H groups in total. The summed E-state index contributed by atoms with van der Waals surface area (Å²) in [6.45, 7) is 4.06. The fourth-order valence-corrected chi connectivity index (χ4v) is 2.30. The first kappa shape index (κ1) is 13.6. The van der Waals surface area contributed by atoms with E-state index >= 15 is 0 Å². The van der Waals surface area contributed by atoms with Gasteiger partial charge in [0.15, 0.2) is 0 Å². The average Bonchev–Trinajstić information content (AvgIpc) is 2.39. The van der Waals surface area contributed by atoms with Crippen LogP contribution in [0, 0.1) is 0 Å². The molecule has 0 saturated carbocycles. The molecule has 1 aromatic heterocycles. The van der Waals surface area contributed by atoms with Crippen LogP contribution in [0.3, 0.4) is 0 Å². The first-order valence-electron chi connectivity index (χ1n) is 5.88. The Bertz CT molecular complexity index is 541. The van der Waals surface area contributed by atoms with Crippen molar-refractivity contribution >= 4 is 46.1 Å². The maximum absolute atomic E-state index is 9.47. The Morgan fingerprint density at radius 3 is 2.72 bits per heavy atom. The number of pyridine rings is 1. The molecule has 1 aliphatic rings. The summed E-state index contributed by atoms with van der Waals surface area (Å²) < 4.78 is 0. The van der Waals surface area contributed by atoms with Gasteiger partial charge in [-0.2, -0.15) is 0 Å². The quantitative estimate of drug-likeness (QED) is 0.735. The van der Waals surface area contributed by atoms with E-state index in [1.165, 1.54) is 5.69 Å². The van der Waals surface area contributed by atoms with E-state index in [0.29, 0.717) is 0 Å². The number of hydrogen-bond donors (Lipinski definition) is 2. The van der Waals surface area contributed by atoms with E-state index in [-0.39, 0.29) is 35.3 Å². The molecule has 3 rings (SSSR count). The van der Waals surface area contributed by atoms with Gasteiger partial charge in [-0.25, -0.2) is 0 Å². The Labute approximate surface area is 128 Å². The van der Waals surface area contributed by atoms with E-state index in [1.807, 2.05) is 12.1 Å². The standard InChI is InChI=1S/C13H15N3O.Na.H/c17-10-1-2-11-12(9-10)15-4-3-13(11)16-7-5-14-6-8-16;;/h1-4,9,14,17H,5-8H2;;. The summed E-state index contributed by atoms with van der Waals surface area (Å²) in [5.41, 5.74) is 2.05. The minimum absolute atomic E-state index is 0. The summed E-state index contributed by atoms with van der Waals surface area (Å²) in [6.07, 6.45) is 1.80. The Balaban J connectivity index is 0.00000120. The van der Waals surface area contributed by atoms with Crippen LogP contribution in [0.5, 0.6) is 5.75 Å². The zero-order valence-electron chi connectivity index (χ0n) is 9.56. The number of nitrogens with one attached hydrogen (secondary N) is 1. The molecule has 2 aromatic rings. The van der Waals surface area contributed by atoms with Crippen molar-refractivity contribution in [1.82, 2.24) is 10.3 Å². The predicted octanol–water partition coefficient (Wildman–Crippen LogP) is 0.701. The Morgan fingerprint density at radius 1 is 1.17 bits per heavy atom. The SMILES string of the molecule is Oc1ccc2c(N3CCNCC3)ccnc2c1.[NaH]. The number of phenols is 1. The van der Waals surface area contributed by atoms with Crippen molar-refractivity contribution in [2.45, 2.75) is 0 Å². The van der Waals surface area contributed by atoms with Gasteiger partial charge in [-0.05, 0) is 18.2 Å². The molecular formula is C13H16N3NaO. The van der Waals surface area contributed by atoms with E-state index in [0.717, 1.165) is 37.1 Å². The Kier molecular flexibility index (Phi) is 4.45. The molecule has 0 atom stereocenters. The zero-order chi connectivity index (χ0) is 11.7. The third-order valence-electron chi connectivity index (χ3n) is 3.16. The molecule has 1 fully saturated rings. The summed E-state index contributed by atoms with van der Waals surface area (Å²) >= 11 is 0. The number of aromatic nitrogens is 1. The summed E-state index contributed by atoms with van der Waals surface area (Å²) in [4.78, 5) is 6.65. The fourth-order valence-electron chi connectivity index (χ4n) is 2.30. The molecule has 0 radical (unpaired) electrons. The van der Waals surface area contributed by atoms with E-state index in [2.05, 4.69) is 15.2 Å². The fraction of sp³-hybridized carbons (Fsp3) is 0.308. The summed E-state index contributed by atoms with van der Waals surface area (Å²) in [6, 6.07) is 7.41. The van der Waals surface area contributed by atoms with Crippen LogP contribution in [0.25, 0.3) is 10.9 Å². The van der Waals surface area contributed by atoms with Crippen LogP contribution in [0.2, 0.25) is 0 Å². The van der Waals surface area contributed by atoms with Crippen LogP contribution in [0.15, 0.2) is 30.5 Å². The molecule has 4 nitrogen and oxygen atoms in total. The monoisotopic (exact) mass is 253 g/mol. The van der Waals surface area contributed by atoms with Crippen molar-refractivity contribution in [3.05, 3.63) is 30.5 Å². The van der Waals surface area contributed by atoms with Crippen LogP contribution in [-0.2, 0) is 0 Å². The normalized spacial score (nSPS) is 15.4. The van der Waals surface area contributed by atoms with Crippen molar-refractivity contribution < 1.29 is 5.11 Å². The first-order valence-corrected chi connectivity index (χ1v) is 5.88. The van der Waals surface area contributed by atoms with E-state index < -0.39 is 0 Å². The number of nitrogens with zero attached hydrogens (tertiary/aromatic N) is 2. The second kappa shape index (κ2) is 5.89. The molecule has 0 amide bonds. The van der Waals surface area contributed by atoms with Crippen molar-refractivity contribution in [2.75, 3.05) is 31.1 Å². The molecule has 1 aromatic carbocycles. The van der Waals surface area contributed by atoms with Gasteiger partial charge in [-0.3, -0.25) is 4.98 Å². The first-order chi connectivity index (χ1) is 8.34. The Hall–Kier alpha value is -0.810. The van der Waals surface area contributed by atoms with Gasteiger partial charge in [0.1, 0.15) is 5.75 Å². The van der Waals surface area contributed by atoms with Gasteiger partial charge in [0.2, 0.25) is 0 Å².